The number of nitrogens with zero attached hydrogens (tertiary/aromatic N) is 13. The first-order valence-corrected chi connectivity index (χ1v) is 45.5. The normalized spacial score (nSPS) is 12.0. The van der Waals surface area contributed by atoms with Gasteiger partial charge in [-0.05, 0) is 200 Å². The Labute approximate surface area is 845 Å². The first kappa shape index (κ1) is 114. The molecule has 0 unspecified atom stereocenters. The zero-order valence-electron chi connectivity index (χ0n) is 84.0. The molecule has 16 aromatic rings. The Bertz CT molecular complexity index is 8580. The quantitative estimate of drug-likeness (QED) is 0.0627. The number of rotatable bonds is 0. The summed E-state index contributed by atoms with van der Waals surface area (Å²) in [5, 5.41) is 167. The van der Waals surface area contributed by atoms with Crippen molar-refractivity contribution in [2.75, 3.05) is 0 Å². The average molecular weight is 2100 g/mol. The molecule has 0 aliphatic rings. The van der Waals surface area contributed by atoms with Crippen LogP contribution in [-0.4, -0.2) is 159 Å². The van der Waals surface area contributed by atoms with Crippen LogP contribution in [0.25, 0.3) is 86.6 Å². The van der Waals surface area contributed by atoms with Gasteiger partial charge in [-0.15, -0.1) is 0 Å². The number of halogens is 4. The van der Waals surface area contributed by atoms with Crippen molar-refractivity contribution in [1.29, 1.82) is 0 Å². The van der Waals surface area contributed by atoms with Gasteiger partial charge in [0.1, 0.15) is 10.7 Å². The summed E-state index contributed by atoms with van der Waals surface area (Å²) in [7, 11) is 2.96. The van der Waals surface area contributed by atoms with E-state index in [9.17, 15) is 139 Å². The molecule has 0 spiro atoms. The standard InChI is InChI=1S/C13H15ClN2O4.C13H16N2O4.C12H13ClN2O4.2C12H13ClN2O3.C12H14N2O4.2C12H14N2O3/c1-13(2,3)16-12(20)8-6(11(19)15(16)4)5-7(17)10(18)9(8)14;1-13(2,3)15-12(19)8-6-10(17)9(16)5-7(8)11(18)14(15)4;1-12(2,3)15-11(19)7-5(10(18)14-15)4-6(16)9(17)8(7)13;1-12(2,3)15-5-14-6-4-7(16)10(17)9(13)8(6)11(15)18;1-12(2,3)11-10(18)7-5(14-15-11)4-6(16)9(17)8(7)13;1-12(2,3)14-11(18)7-5-9(16)8(15)4-6(7)10(17)13-14;1-12(2,3)14-6-13-8-5-10(16)9(15)4-7(8)11(14)17;1-12(2,3)14-11(17)8-5-10(16)9(15)4-7(8)6-13-14/h5,17-18H,1-4H3;5-6,16-17H,1-4H3;4,16-17H,1-3H3,(H,14,18);4-5,16-17H,1-3H3;4,16-17H,1-3H3,(H,14,18);4-5,15-16H,1-3H3,(H,13,17);2*4-6,15-16H,1-3H3. The van der Waals surface area contributed by atoms with E-state index >= 15 is 0 Å². The third-order valence-corrected chi connectivity index (χ3v) is 23.4. The molecule has 0 bridgehead atoms. The number of aromatic nitrogens is 16. The first-order chi connectivity index (χ1) is 66.6. The van der Waals surface area contributed by atoms with Gasteiger partial charge in [0.05, 0.1) is 143 Å². The fraction of sp³-hybridized carbons (Fsp3) is 0.347. The number of benzene rings is 8. The molecule has 48 heteroatoms. The number of aromatic amines is 3. The Morgan fingerprint density at radius 1 is 0.288 bits per heavy atom. The maximum Gasteiger partial charge on any atom is 0.275 e. The molecule has 0 saturated carbocycles. The van der Waals surface area contributed by atoms with Crippen molar-refractivity contribution in [3.63, 3.8) is 0 Å². The summed E-state index contributed by atoms with van der Waals surface area (Å²) in [5.74, 6) is -6.95. The third kappa shape index (κ3) is 23.0. The molecule has 8 aromatic carbocycles. The smallest absolute Gasteiger partial charge is 0.275 e. The van der Waals surface area contributed by atoms with Crippen LogP contribution in [0.1, 0.15) is 172 Å². The van der Waals surface area contributed by atoms with Crippen molar-refractivity contribution < 1.29 is 81.7 Å². The van der Waals surface area contributed by atoms with Gasteiger partial charge in [0, 0.05) is 54.2 Å². The molecule has 44 nitrogen and oxygen atoms in total. The Hall–Kier alpha value is -16.0. The van der Waals surface area contributed by atoms with Crippen LogP contribution >= 0.6 is 46.4 Å². The van der Waals surface area contributed by atoms with E-state index in [-0.39, 0.29) is 147 Å². The van der Waals surface area contributed by atoms with Crippen LogP contribution in [0.5, 0.6) is 92.0 Å². The highest BCUT2D eigenvalue weighted by atomic mass is 35.5. The number of hydrogen-bond donors (Lipinski definition) is 19. The minimum atomic E-state index is -0.652. The van der Waals surface area contributed by atoms with Gasteiger partial charge in [-0.25, -0.2) is 42.7 Å². The summed E-state index contributed by atoms with van der Waals surface area (Å²) in [6.45, 7) is 43.7. The summed E-state index contributed by atoms with van der Waals surface area (Å²) < 4.78 is 11.6. The molecule has 0 atom stereocenters. The second-order valence-electron chi connectivity index (χ2n) is 41.6. The minimum Gasteiger partial charge on any atom is -0.504 e. The highest BCUT2D eigenvalue weighted by Crippen LogP contribution is 2.43. The molecule has 146 heavy (non-hydrogen) atoms. The largest absolute Gasteiger partial charge is 0.504 e. The van der Waals surface area contributed by atoms with Gasteiger partial charge in [-0.3, -0.25) is 82.0 Å². The second kappa shape index (κ2) is 40.7. The summed E-state index contributed by atoms with van der Waals surface area (Å²) in [5.41, 5.74) is -7.97. The minimum absolute atomic E-state index is 0.0294. The monoisotopic (exact) mass is 2100 g/mol. The van der Waals surface area contributed by atoms with E-state index in [4.69, 9.17) is 46.4 Å². The molecule has 0 aliphatic carbocycles. The Balaban J connectivity index is 0.000000186. The Kier molecular flexibility index (Phi) is 31.7. The van der Waals surface area contributed by atoms with E-state index in [1.54, 1.807) is 83.1 Å². The fourth-order valence-electron chi connectivity index (χ4n) is 14.7. The van der Waals surface area contributed by atoms with E-state index in [2.05, 4.69) is 35.5 Å². The van der Waals surface area contributed by atoms with Crippen LogP contribution in [-0.2, 0) is 58.3 Å². The van der Waals surface area contributed by atoms with Crippen LogP contribution in [0.3, 0.4) is 0 Å². The van der Waals surface area contributed by atoms with E-state index in [1.165, 1.54) is 107 Å². The molecule has 8 heterocycles. The van der Waals surface area contributed by atoms with Gasteiger partial charge in [0.2, 0.25) is 5.43 Å². The second-order valence-corrected chi connectivity index (χ2v) is 43.1. The Morgan fingerprint density at radius 3 is 1.07 bits per heavy atom. The first-order valence-electron chi connectivity index (χ1n) is 44.0. The number of hydrogen-bond acceptors (Lipinski definition) is 32. The van der Waals surface area contributed by atoms with E-state index in [0.29, 0.717) is 22.0 Å². The summed E-state index contributed by atoms with van der Waals surface area (Å²) in [6, 6.07) is 14.0. The predicted octanol–water partition coefficient (Wildman–Crippen LogP) is 12.4. The van der Waals surface area contributed by atoms with Crippen LogP contribution in [0, 0.1) is 0 Å². The van der Waals surface area contributed by atoms with Crippen molar-refractivity contribution in [3.05, 3.63) is 242 Å². The van der Waals surface area contributed by atoms with Crippen molar-refractivity contribution in [1.82, 2.24) is 77.4 Å². The lowest BCUT2D eigenvalue weighted by Crippen LogP contribution is -2.45. The van der Waals surface area contributed by atoms with E-state index in [1.807, 2.05) is 83.1 Å². The summed E-state index contributed by atoms with van der Waals surface area (Å²) in [4.78, 5) is 155. The van der Waals surface area contributed by atoms with Crippen LogP contribution in [0.15, 0.2) is 149 Å². The van der Waals surface area contributed by atoms with Crippen molar-refractivity contribution in [2.24, 2.45) is 14.1 Å². The molecule has 0 fully saturated rings. The molecular formula is C98H112Cl4N16O28. The maximum atomic E-state index is 12.6. The lowest BCUT2D eigenvalue weighted by Gasteiger charge is -2.26. The van der Waals surface area contributed by atoms with Gasteiger partial charge in [-0.2, -0.15) is 10.2 Å². The average Bonchev–Trinajstić information content (AvgIpc) is 0.731. The topological polar surface area (TPSA) is 672 Å². The maximum absolute atomic E-state index is 12.6. The number of H-pyrrole nitrogens is 3. The fourth-order valence-corrected chi connectivity index (χ4v) is 15.8. The highest BCUT2D eigenvalue weighted by Gasteiger charge is 2.31. The van der Waals surface area contributed by atoms with Crippen LogP contribution < -0.4 is 66.6 Å². The van der Waals surface area contributed by atoms with Crippen LogP contribution in [0.4, 0.5) is 0 Å². The number of aromatic hydroxyl groups is 16. The molecular weight excluding hydrogens is 1990 g/mol. The van der Waals surface area contributed by atoms with Crippen molar-refractivity contribution in [2.45, 2.75) is 210 Å². The lowest BCUT2D eigenvalue weighted by atomic mass is 9.91. The van der Waals surface area contributed by atoms with Crippen molar-refractivity contribution >= 4 is 133 Å². The number of phenols is 16. The molecule has 0 radical (unpaired) electrons. The van der Waals surface area contributed by atoms with Crippen molar-refractivity contribution in [3.8, 4) is 92.0 Å². The molecule has 0 aliphatic heterocycles. The highest BCUT2D eigenvalue weighted by molar-refractivity contribution is 6.38. The molecule has 8 aromatic heterocycles. The summed E-state index contributed by atoms with van der Waals surface area (Å²) >= 11 is 23.6. The SMILES string of the molecule is CC(C)(C)c1n[nH]c2cc(O)c(O)c(Cl)c2c1=O.CC(C)(C)n1[nH]c(=O)c2cc(O)c(O)c(Cl)c2c1=O.CC(C)(C)n1[nH]c(=O)c2cc(O)c(O)cc2c1=O.CC(C)(C)n1cnc2cc(O)c(O)c(Cl)c2c1=O.CC(C)(C)n1cnc2cc(O)c(O)cc2c1=O.CC(C)(C)n1ncc2cc(O)c(O)cc2c1=O.Cn1c(=O)c2cc(O)c(O)c(Cl)c2c(=O)n1C(C)(C)C.Cn1c(=O)c2cc(O)c(O)cc2c(=O)n1C(C)(C)C. The van der Waals surface area contributed by atoms with Gasteiger partial charge in [0.15, 0.2) is 92.0 Å². The molecule has 780 valence electrons. The third-order valence-electron chi connectivity index (χ3n) is 21.9. The Morgan fingerprint density at radius 2 is 0.623 bits per heavy atom. The molecule has 0 amide bonds. The number of nitrogens with one attached hydrogen (secondary N) is 3. The van der Waals surface area contributed by atoms with Crippen LogP contribution in [0.2, 0.25) is 20.1 Å². The molecule has 19 N–H and O–H groups in total. The molecule has 0 saturated heterocycles. The van der Waals surface area contributed by atoms with Gasteiger partial charge in [0.25, 0.3) is 61.2 Å². The number of phenolic OH excluding ortho intramolecular Hbond substituents is 16. The zero-order chi connectivity index (χ0) is 111. The van der Waals surface area contributed by atoms with E-state index in [0.717, 1.165) is 41.1 Å². The van der Waals surface area contributed by atoms with Gasteiger partial charge < -0.3 is 81.7 Å². The van der Waals surface area contributed by atoms with Gasteiger partial charge in [-0.1, -0.05) is 67.2 Å². The zero-order valence-corrected chi connectivity index (χ0v) is 87.1. The lowest BCUT2D eigenvalue weighted by molar-refractivity contribution is 0.290. The predicted molar refractivity (Wildman–Crippen MR) is 555 cm³/mol. The number of fused-ring (bicyclic) bond motifs is 8. The molecule has 16 rings (SSSR count). The van der Waals surface area contributed by atoms with E-state index < -0.39 is 147 Å². The van der Waals surface area contributed by atoms with Gasteiger partial charge >= 0.3 is 0 Å². The summed E-state index contributed by atoms with van der Waals surface area (Å²) in [6.07, 6.45) is 4.35.